The monoisotopic (exact) mass is 952 g/mol. The first-order valence-corrected chi connectivity index (χ1v) is 24.8. The number of ether oxygens (including phenoxy) is 4. The number of hydrogen-bond donors (Lipinski definition) is 4. The number of aryl methyl sites for hydroxylation is 1. The Morgan fingerprint density at radius 2 is 1.64 bits per heavy atom. The van der Waals surface area contributed by atoms with Gasteiger partial charge in [0.25, 0.3) is 0 Å². The summed E-state index contributed by atoms with van der Waals surface area (Å²) in [7, 11) is 3.11. The second kappa shape index (κ2) is 22.0. The summed E-state index contributed by atoms with van der Waals surface area (Å²) < 4.78 is 52.2. The van der Waals surface area contributed by atoms with E-state index in [-0.39, 0.29) is 42.5 Å². The maximum atomic E-state index is 13.5. The summed E-state index contributed by atoms with van der Waals surface area (Å²) in [5.74, 6) is -1.64. The summed E-state index contributed by atoms with van der Waals surface area (Å²) in [4.78, 5) is 31.9. The van der Waals surface area contributed by atoms with Gasteiger partial charge in [0.2, 0.25) is 10.0 Å². The number of aromatic nitrogens is 3. The van der Waals surface area contributed by atoms with Crippen LogP contribution in [0.25, 0.3) is 0 Å². The van der Waals surface area contributed by atoms with E-state index < -0.39 is 88.0 Å². The molecule has 0 bridgehead atoms. The van der Waals surface area contributed by atoms with Crippen LogP contribution in [0.4, 0.5) is 10.5 Å². The molecule has 2 aromatic rings. The van der Waals surface area contributed by atoms with Crippen LogP contribution in [0.2, 0.25) is 0 Å². The van der Waals surface area contributed by atoms with Gasteiger partial charge in [-0.2, -0.15) is 0 Å². The summed E-state index contributed by atoms with van der Waals surface area (Å²) in [5, 5.41) is 55.6. The Balaban J connectivity index is 1.20. The fourth-order valence-corrected chi connectivity index (χ4v) is 10.9. The third-order valence-electron chi connectivity index (χ3n) is 13.8. The van der Waals surface area contributed by atoms with E-state index >= 15 is 0 Å². The van der Waals surface area contributed by atoms with E-state index in [2.05, 4.69) is 15.2 Å². The zero-order valence-electron chi connectivity index (χ0n) is 41.0. The van der Waals surface area contributed by atoms with Crippen LogP contribution in [0.1, 0.15) is 93.2 Å². The molecule has 1 amide bonds. The molecule has 3 aliphatic rings. The highest BCUT2D eigenvalue weighted by molar-refractivity contribution is 7.89. The van der Waals surface area contributed by atoms with Gasteiger partial charge in [-0.15, -0.1) is 5.10 Å². The standard InChI is InChI=1S/C46H77N7O12S/c1-13-38-46(8,59)40(55)32(6)51(12)24-28(2)23-45(7,58)41(29(3)21-30(4)42(56)64-38)65-43-39(54)37(22-31(5)62-43)50(11)20-14-15-33-25-52(48-47-33)26-35-27-53(44(57)63-35)34-16-18-36(19-17-34)66(60,61)49(9)10/h16-19,25,28-32,35,37-41,43,54-55,58-59H,13-15,20-24,26-27H2,1-12H3/t28-,29+,30-,31-,32-,35+,37+,38-,39-,40-,41-,43+,45-,46-/m1/s1. The minimum absolute atomic E-state index is 0.0826. The Hall–Kier alpha value is -3.31. The highest BCUT2D eigenvalue weighted by atomic mass is 32.2. The Bertz CT molecular complexity index is 2020. The van der Waals surface area contributed by atoms with Crippen molar-refractivity contribution in [3.05, 3.63) is 36.2 Å². The van der Waals surface area contributed by atoms with Crippen molar-refractivity contribution in [3.63, 3.8) is 0 Å². The number of carbonyl (C=O) groups excluding carboxylic acids is 2. The molecule has 66 heavy (non-hydrogen) atoms. The first-order chi connectivity index (χ1) is 30.8. The van der Waals surface area contributed by atoms with Crippen molar-refractivity contribution in [2.45, 2.75) is 172 Å². The predicted molar refractivity (Wildman–Crippen MR) is 246 cm³/mol. The number of aliphatic hydroxyl groups excluding tert-OH is 2. The molecule has 0 saturated carbocycles. The number of esters is 1. The lowest BCUT2D eigenvalue weighted by Gasteiger charge is -2.46. The molecule has 0 spiro atoms. The lowest BCUT2D eigenvalue weighted by molar-refractivity contribution is -0.296. The molecule has 3 aliphatic heterocycles. The third kappa shape index (κ3) is 12.7. The molecule has 20 heteroatoms. The summed E-state index contributed by atoms with van der Waals surface area (Å²) in [6.45, 7) is 16.1. The highest BCUT2D eigenvalue weighted by Gasteiger charge is 2.48. The van der Waals surface area contributed by atoms with Crippen molar-refractivity contribution in [1.82, 2.24) is 29.1 Å². The Kier molecular flexibility index (Phi) is 17.9. The summed E-state index contributed by atoms with van der Waals surface area (Å²) in [5.41, 5.74) is -1.85. The summed E-state index contributed by atoms with van der Waals surface area (Å²) >= 11 is 0. The molecule has 3 saturated heterocycles. The normalized spacial score (nSPS) is 36.0. The van der Waals surface area contributed by atoms with Crippen molar-refractivity contribution < 1.29 is 57.4 Å². The van der Waals surface area contributed by atoms with Crippen LogP contribution in [0, 0.1) is 17.8 Å². The minimum Gasteiger partial charge on any atom is -0.459 e. The van der Waals surface area contributed by atoms with Gasteiger partial charge >= 0.3 is 12.1 Å². The average molecular weight is 952 g/mol. The minimum atomic E-state index is -3.61. The van der Waals surface area contributed by atoms with Gasteiger partial charge in [-0.1, -0.05) is 32.9 Å². The van der Waals surface area contributed by atoms with Gasteiger partial charge in [0, 0.05) is 44.6 Å². The Labute approximate surface area is 391 Å². The number of cyclic esters (lactones) is 2. The first-order valence-electron chi connectivity index (χ1n) is 23.4. The lowest BCUT2D eigenvalue weighted by Crippen LogP contribution is -2.59. The Morgan fingerprint density at radius 1 is 0.970 bits per heavy atom. The molecule has 0 unspecified atom stereocenters. The molecule has 1 aromatic carbocycles. The smallest absolute Gasteiger partial charge is 0.414 e. The van der Waals surface area contributed by atoms with E-state index in [9.17, 15) is 38.4 Å². The fraction of sp³-hybridized carbons (Fsp3) is 0.783. The second-order valence-electron chi connectivity index (χ2n) is 20.0. The topological polar surface area (TPSA) is 230 Å². The van der Waals surface area contributed by atoms with Crippen molar-refractivity contribution >= 4 is 27.8 Å². The van der Waals surface area contributed by atoms with Gasteiger partial charge in [-0.3, -0.25) is 9.69 Å². The molecule has 3 fully saturated rings. The van der Waals surface area contributed by atoms with Crippen LogP contribution in [0.5, 0.6) is 0 Å². The molecule has 0 radical (unpaired) electrons. The fourth-order valence-electron chi connectivity index (χ4n) is 9.99. The lowest BCUT2D eigenvalue weighted by atomic mass is 9.79. The van der Waals surface area contributed by atoms with E-state index in [1.807, 2.05) is 52.9 Å². The van der Waals surface area contributed by atoms with Gasteiger partial charge in [0.15, 0.2) is 6.29 Å². The van der Waals surface area contributed by atoms with Gasteiger partial charge < -0.3 is 49.2 Å². The molecule has 4 heterocycles. The predicted octanol–water partition coefficient (Wildman–Crippen LogP) is 2.87. The molecule has 19 nitrogen and oxygen atoms in total. The quantitative estimate of drug-likeness (QED) is 0.212. The SMILES string of the molecule is CC[C@H]1OC(=O)[C@H](C)C[C@H](C)[C@@H](O[C@@H]2O[C@H](C)C[C@H](N(C)CCCc3cn(C[C@H]4CN(c5ccc(S(=O)(=O)N(C)C)cc5)C(=O)O4)nn3)[C@H]2O)[C@](C)(O)C[C@@H](C)CN(C)[C@H](C)[C@@H](O)[C@]1(C)O. The third-order valence-corrected chi connectivity index (χ3v) is 15.7. The van der Waals surface area contributed by atoms with Crippen molar-refractivity contribution in [1.29, 1.82) is 0 Å². The summed E-state index contributed by atoms with van der Waals surface area (Å²) in [6, 6.07) is 5.25. The second-order valence-corrected chi connectivity index (χ2v) is 22.2. The maximum Gasteiger partial charge on any atom is 0.414 e. The molecule has 374 valence electrons. The molecular formula is C46H77N7O12S. The molecule has 5 rings (SSSR count). The van der Waals surface area contributed by atoms with Gasteiger partial charge in [0.1, 0.15) is 30.0 Å². The van der Waals surface area contributed by atoms with Gasteiger partial charge in [0.05, 0.1) is 47.4 Å². The van der Waals surface area contributed by atoms with E-state index in [4.69, 9.17) is 18.9 Å². The van der Waals surface area contributed by atoms with E-state index in [1.165, 1.54) is 38.1 Å². The van der Waals surface area contributed by atoms with Gasteiger partial charge in [-0.05, 0) is 123 Å². The highest BCUT2D eigenvalue weighted by Crippen LogP contribution is 2.37. The van der Waals surface area contributed by atoms with Crippen LogP contribution in [0.3, 0.4) is 0 Å². The maximum absolute atomic E-state index is 13.5. The van der Waals surface area contributed by atoms with Crippen molar-refractivity contribution in [2.75, 3.05) is 52.7 Å². The van der Waals surface area contributed by atoms with E-state index in [0.29, 0.717) is 50.9 Å². The molecule has 14 atom stereocenters. The molecule has 0 aliphatic carbocycles. The molecular weight excluding hydrogens is 875 g/mol. The zero-order chi connectivity index (χ0) is 49.1. The Morgan fingerprint density at radius 3 is 2.27 bits per heavy atom. The van der Waals surface area contributed by atoms with Crippen LogP contribution in [-0.2, 0) is 46.7 Å². The van der Waals surface area contributed by atoms with E-state index in [1.54, 1.807) is 37.6 Å². The van der Waals surface area contributed by atoms with Crippen LogP contribution < -0.4 is 4.90 Å². The van der Waals surface area contributed by atoms with E-state index in [0.717, 1.165) is 10.00 Å². The van der Waals surface area contributed by atoms with Crippen LogP contribution in [0.15, 0.2) is 35.4 Å². The van der Waals surface area contributed by atoms with Crippen molar-refractivity contribution in [3.8, 4) is 0 Å². The number of aliphatic hydroxyl groups is 4. The number of carbonyl (C=O) groups is 2. The number of nitrogens with zero attached hydrogens (tertiary/aromatic N) is 7. The van der Waals surface area contributed by atoms with Crippen molar-refractivity contribution in [2.24, 2.45) is 17.8 Å². The number of amides is 1. The molecule has 4 N–H and O–H groups in total. The molecule has 1 aromatic heterocycles. The number of hydrogen-bond acceptors (Lipinski definition) is 16. The number of benzene rings is 1. The number of likely N-dealkylation sites (N-methyl/N-ethyl adjacent to an activating group) is 2. The van der Waals surface area contributed by atoms with Crippen LogP contribution >= 0.6 is 0 Å². The first kappa shape index (κ1) is 53.6. The zero-order valence-corrected chi connectivity index (χ0v) is 41.8. The average Bonchev–Trinajstić information content (AvgIpc) is 3.85. The van der Waals surface area contributed by atoms with Crippen LogP contribution in [-0.4, -0.2) is 184 Å². The number of rotatable bonds is 13. The van der Waals surface area contributed by atoms with Gasteiger partial charge in [-0.25, -0.2) is 22.2 Å². The summed E-state index contributed by atoms with van der Waals surface area (Å²) in [6.07, 6.45) is -1.92. The number of sulfonamides is 1. The largest absolute Gasteiger partial charge is 0.459 e. The number of anilines is 1.